The monoisotopic (exact) mass is 598 g/mol. The predicted octanol–water partition coefficient (Wildman–Crippen LogP) is 10.3. The quantitative estimate of drug-likeness (QED) is 0.230. The van der Waals surface area contributed by atoms with E-state index >= 15 is 0 Å². The Hall–Kier alpha value is -0.530. The van der Waals surface area contributed by atoms with E-state index < -0.39 is 0 Å². The Labute approximate surface area is 221 Å². The summed E-state index contributed by atoms with van der Waals surface area (Å²) in [7, 11) is 0. The number of rotatable bonds is 4. The van der Waals surface area contributed by atoms with Crippen LogP contribution in [0.3, 0.4) is 0 Å². The van der Waals surface area contributed by atoms with E-state index in [2.05, 4.69) is 0 Å². The second kappa shape index (κ2) is 9.76. The number of nitrogens with two attached hydrogens (primary N) is 2. The molecule has 0 radical (unpaired) electrons. The second-order valence-electron chi connectivity index (χ2n) is 5.81. The van der Waals surface area contributed by atoms with Crippen LogP contribution in [0.4, 0.5) is 11.4 Å². The van der Waals surface area contributed by atoms with Gasteiger partial charge in [-0.25, -0.2) is 0 Å². The van der Waals surface area contributed by atoms with Crippen LogP contribution in [0.2, 0.25) is 45.2 Å². The number of hydrogen-bond acceptors (Lipinski definition) is 4. The van der Waals surface area contributed by atoms with Crippen molar-refractivity contribution in [3.8, 4) is 23.0 Å². The van der Waals surface area contributed by atoms with Crippen LogP contribution in [0, 0.1) is 0 Å². The van der Waals surface area contributed by atoms with Gasteiger partial charge in [-0.05, 0) is 0 Å². The Bertz CT molecular complexity index is 1220. The third kappa shape index (κ3) is 4.89. The van der Waals surface area contributed by atoms with E-state index in [4.69, 9.17) is 125 Å². The lowest BCUT2D eigenvalue weighted by Gasteiger charge is -2.17. The molecule has 0 fully saturated rings. The van der Waals surface area contributed by atoms with Crippen molar-refractivity contribution in [1.82, 2.24) is 0 Å². The molecule has 0 saturated carbocycles. The maximum absolute atomic E-state index is 6.45. The average Bonchev–Trinajstić information content (AvgIpc) is 2.73. The van der Waals surface area contributed by atoms with Gasteiger partial charge in [0.05, 0.1) is 36.5 Å². The van der Waals surface area contributed by atoms with Crippen molar-refractivity contribution in [2.75, 3.05) is 11.5 Å². The van der Waals surface area contributed by atoms with Crippen LogP contribution in [-0.4, -0.2) is 0 Å². The summed E-state index contributed by atoms with van der Waals surface area (Å²) < 4.78 is 11.5. The number of ether oxygens (including phenoxy) is 2. The summed E-state index contributed by atoms with van der Waals surface area (Å²) >= 11 is 55.4. The largest absolute Gasteiger partial charge is 0.454 e. The zero-order chi connectivity index (χ0) is 23.2. The molecule has 0 aliphatic heterocycles. The van der Waals surface area contributed by atoms with E-state index in [1.807, 2.05) is 0 Å². The molecule has 4 N–H and O–H groups in total. The second-order valence-corrected chi connectivity index (χ2v) is 9.30. The van der Waals surface area contributed by atoms with Gasteiger partial charge in [-0.2, -0.15) is 0 Å². The zero-order valence-electron chi connectivity index (χ0n) is 14.6. The highest BCUT2D eigenvalue weighted by Gasteiger charge is 2.23. The maximum atomic E-state index is 6.45. The molecule has 31 heavy (non-hydrogen) atoms. The van der Waals surface area contributed by atoms with Gasteiger partial charge in [0.1, 0.15) is 31.6 Å². The number of hydrogen-bond donors (Lipinski definition) is 2. The predicted molar refractivity (Wildman–Crippen MR) is 133 cm³/mol. The summed E-state index contributed by atoms with van der Waals surface area (Å²) in [5.74, 6) is 0.0311. The minimum absolute atomic E-state index is 0.00893. The third-order valence-electron chi connectivity index (χ3n) is 3.83. The Morgan fingerprint density at radius 3 is 1.26 bits per heavy atom. The van der Waals surface area contributed by atoms with Gasteiger partial charge in [-0.1, -0.05) is 104 Å². The SMILES string of the molecule is Nc1c(Cl)c(Cl)cc(Oc2cc(Cl)c(Cl)c(Oc3cc(Cl)c(Cl)c(N)c3Cl)c2Cl)c1Cl. The average molecular weight is 602 g/mol. The maximum Gasteiger partial charge on any atom is 0.170 e. The Morgan fingerprint density at radius 2 is 0.806 bits per heavy atom. The lowest BCUT2D eigenvalue weighted by atomic mass is 10.2. The molecule has 4 nitrogen and oxygen atoms in total. The Morgan fingerprint density at radius 1 is 0.452 bits per heavy atom. The fraction of sp³-hybridized carbons (Fsp3) is 0. The molecule has 13 heteroatoms. The van der Waals surface area contributed by atoms with Crippen LogP contribution in [0.5, 0.6) is 23.0 Å². The van der Waals surface area contributed by atoms with Crippen LogP contribution in [0.15, 0.2) is 18.2 Å². The van der Waals surface area contributed by atoms with Crippen molar-refractivity contribution < 1.29 is 9.47 Å². The first-order chi connectivity index (χ1) is 14.4. The molecular formula is C18H7Cl9N2O2. The third-order valence-corrected chi connectivity index (χ3v) is 7.34. The number of halogens is 9. The van der Waals surface area contributed by atoms with Crippen molar-refractivity contribution in [3.63, 3.8) is 0 Å². The van der Waals surface area contributed by atoms with Gasteiger partial charge in [0.2, 0.25) is 0 Å². The molecule has 3 rings (SSSR count). The Kier molecular flexibility index (Phi) is 7.90. The standard InChI is InChI=1S/C18H7Cl9N2O2/c19-4-1-7(13(25)16(28)10(4)22)30-9-3-6(21)12(24)18(15(9)27)31-8-2-5(20)11(23)17(29)14(8)26/h1-3H,28-29H2. The molecule has 0 aromatic heterocycles. The van der Waals surface area contributed by atoms with Crippen LogP contribution in [-0.2, 0) is 0 Å². The van der Waals surface area contributed by atoms with Crippen molar-refractivity contribution >= 4 is 116 Å². The van der Waals surface area contributed by atoms with Crippen molar-refractivity contribution in [2.45, 2.75) is 0 Å². The van der Waals surface area contributed by atoms with Gasteiger partial charge in [0.25, 0.3) is 0 Å². The summed E-state index contributed by atoms with van der Waals surface area (Å²) in [5.41, 5.74) is 11.7. The molecule has 0 spiro atoms. The van der Waals surface area contributed by atoms with E-state index in [0.717, 1.165) is 0 Å². The molecule has 0 heterocycles. The van der Waals surface area contributed by atoms with Crippen molar-refractivity contribution in [2.24, 2.45) is 0 Å². The van der Waals surface area contributed by atoms with E-state index in [9.17, 15) is 0 Å². The molecule has 0 amide bonds. The molecule has 0 unspecified atom stereocenters. The molecule has 0 aliphatic rings. The van der Waals surface area contributed by atoms with Gasteiger partial charge in [0.15, 0.2) is 11.5 Å². The molecule has 0 bridgehead atoms. The molecule has 0 saturated heterocycles. The number of nitrogen functional groups attached to an aromatic ring is 2. The van der Waals surface area contributed by atoms with Gasteiger partial charge in [-0.15, -0.1) is 0 Å². The highest BCUT2D eigenvalue weighted by molar-refractivity contribution is 6.48. The zero-order valence-corrected chi connectivity index (χ0v) is 21.4. The molecule has 3 aromatic rings. The van der Waals surface area contributed by atoms with E-state index in [1.165, 1.54) is 18.2 Å². The van der Waals surface area contributed by atoms with Crippen molar-refractivity contribution in [1.29, 1.82) is 0 Å². The highest BCUT2D eigenvalue weighted by Crippen LogP contribution is 2.51. The van der Waals surface area contributed by atoms with Crippen LogP contribution >= 0.6 is 104 Å². The van der Waals surface area contributed by atoms with Crippen molar-refractivity contribution in [3.05, 3.63) is 63.4 Å². The number of benzene rings is 3. The minimum atomic E-state index is -0.0883. The summed E-state index contributed by atoms with van der Waals surface area (Å²) in [5, 5.41) is 0.309. The van der Waals surface area contributed by atoms with Gasteiger partial charge < -0.3 is 20.9 Å². The highest BCUT2D eigenvalue weighted by atomic mass is 35.5. The molecule has 3 aromatic carbocycles. The van der Waals surface area contributed by atoms with E-state index in [0.29, 0.717) is 0 Å². The topological polar surface area (TPSA) is 70.5 Å². The summed E-state index contributed by atoms with van der Waals surface area (Å²) in [6.07, 6.45) is 0. The van der Waals surface area contributed by atoms with Gasteiger partial charge in [-0.3, -0.25) is 0 Å². The normalized spacial score (nSPS) is 11.0. The lowest BCUT2D eigenvalue weighted by Crippen LogP contribution is -1.97. The fourth-order valence-corrected chi connectivity index (χ4v) is 4.12. The molecular weight excluding hydrogens is 595 g/mol. The van der Waals surface area contributed by atoms with Gasteiger partial charge >= 0.3 is 0 Å². The minimum Gasteiger partial charge on any atom is -0.454 e. The summed E-state index contributed by atoms with van der Waals surface area (Å²) in [6.45, 7) is 0. The smallest absolute Gasteiger partial charge is 0.170 e. The van der Waals surface area contributed by atoms with Gasteiger partial charge in [0, 0.05) is 18.2 Å². The fourth-order valence-electron chi connectivity index (χ4n) is 2.30. The molecule has 0 atom stereocenters. The number of anilines is 2. The summed E-state index contributed by atoms with van der Waals surface area (Å²) in [6, 6.07) is 4.05. The first kappa shape index (κ1) is 25.1. The molecule has 164 valence electrons. The molecule has 0 aliphatic carbocycles. The van der Waals surface area contributed by atoms with Crippen LogP contribution < -0.4 is 20.9 Å². The summed E-state index contributed by atoms with van der Waals surface area (Å²) in [4.78, 5) is 0. The van der Waals surface area contributed by atoms with Crippen LogP contribution in [0.25, 0.3) is 0 Å². The first-order valence-corrected chi connectivity index (χ1v) is 11.2. The van der Waals surface area contributed by atoms with E-state index in [-0.39, 0.29) is 79.6 Å². The van der Waals surface area contributed by atoms with Crippen LogP contribution in [0.1, 0.15) is 0 Å². The Balaban J connectivity index is 2.10. The lowest BCUT2D eigenvalue weighted by molar-refractivity contribution is 0.461. The first-order valence-electron chi connectivity index (χ1n) is 7.83. The van der Waals surface area contributed by atoms with E-state index in [1.54, 1.807) is 0 Å².